The van der Waals surface area contributed by atoms with E-state index < -0.39 is 12.0 Å². The molecule has 1 rings (SSSR count). The Morgan fingerprint density at radius 2 is 2.28 bits per heavy atom. The molecule has 4 nitrogen and oxygen atoms in total. The molecule has 0 saturated carbocycles. The summed E-state index contributed by atoms with van der Waals surface area (Å²) in [6.07, 6.45) is 0.805. The molecule has 100 valence electrons. The van der Waals surface area contributed by atoms with E-state index in [0.29, 0.717) is 13.2 Å². The normalized spacial score (nSPS) is 12.4. The summed E-state index contributed by atoms with van der Waals surface area (Å²) >= 11 is 2.24. The van der Waals surface area contributed by atoms with Gasteiger partial charge in [-0.15, -0.1) is 0 Å². The second-order valence-electron chi connectivity index (χ2n) is 4.15. The van der Waals surface area contributed by atoms with Crippen LogP contribution in [-0.2, 0) is 4.79 Å². The van der Waals surface area contributed by atoms with E-state index in [1.165, 1.54) is 0 Å². The third kappa shape index (κ3) is 5.22. The van der Waals surface area contributed by atoms with Crippen molar-refractivity contribution in [3.63, 3.8) is 0 Å². The van der Waals surface area contributed by atoms with Crippen LogP contribution in [0, 0.1) is 3.57 Å². The molecule has 0 fully saturated rings. The Morgan fingerprint density at radius 1 is 1.56 bits per heavy atom. The highest BCUT2D eigenvalue weighted by Crippen LogP contribution is 2.14. The number of carbonyl (C=O) groups is 1. The molecule has 0 saturated heterocycles. The lowest BCUT2D eigenvalue weighted by atomic mass is 10.3. The van der Waals surface area contributed by atoms with Crippen LogP contribution in [-0.4, -0.2) is 42.2 Å². The van der Waals surface area contributed by atoms with E-state index >= 15 is 0 Å². The Morgan fingerprint density at radius 3 is 2.89 bits per heavy atom. The Bertz CT molecular complexity index is 398. The molecule has 0 aliphatic carbocycles. The number of halogens is 1. The van der Waals surface area contributed by atoms with Crippen LogP contribution in [0.15, 0.2) is 24.3 Å². The fourth-order valence-corrected chi connectivity index (χ4v) is 1.96. The third-order valence-electron chi connectivity index (χ3n) is 2.74. The van der Waals surface area contributed by atoms with Gasteiger partial charge in [0.1, 0.15) is 11.8 Å². The van der Waals surface area contributed by atoms with E-state index in [-0.39, 0.29) is 0 Å². The average molecular weight is 363 g/mol. The molecule has 18 heavy (non-hydrogen) atoms. The molecule has 1 aromatic carbocycles. The summed E-state index contributed by atoms with van der Waals surface area (Å²) in [6.45, 7) is 2.98. The highest BCUT2D eigenvalue weighted by atomic mass is 127. The SMILES string of the molecule is CC(C(=O)O)N(C)CCCOc1cccc(I)c1. The molecule has 1 atom stereocenters. The lowest BCUT2D eigenvalue weighted by molar-refractivity contribution is -0.142. The van der Waals surface area contributed by atoms with Crippen LogP contribution >= 0.6 is 22.6 Å². The number of hydrogen-bond donors (Lipinski definition) is 1. The second-order valence-corrected chi connectivity index (χ2v) is 5.40. The third-order valence-corrected chi connectivity index (χ3v) is 3.41. The molecule has 0 amide bonds. The van der Waals surface area contributed by atoms with Gasteiger partial charge in [-0.25, -0.2) is 0 Å². The number of rotatable bonds is 7. The quantitative estimate of drug-likeness (QED) is 0.597. The molecule has 0 bridgehead atoms. The second kappa shape index (κ2) is 7.58. The zero-order chi connectivity index (χ0) is 13.5. The maximum absolute atomic E-state index is 10.8. The fourth-order valence-electron chi connectivity index (χ4n) is 1.44. The van der Waals surface area contributed by atoms with Gasteiger partial charge in [-0.3, -0.25) is 9.69 Å². The Labute approximate surface area is 121 Å². The number of benzene rings is 1. The van der Waals surface area contributed by atoms with E-state index in [0.717, 1.165) is 15.7 Å². The summed E-state index contributed by atoms with van der Waals surface area (Å²) in [4.78, 5) is 12.6. The highest BCUT2D eigenvalue weighted by Gasteiger charge is 2.15. The number of carboxylic acid groups (broad SMARTS) is 1. The fraction of sp³-hybridized carbons (Fsp3) is 0.462. The maximum Gasteiger partial charge on any atom is 0.320 e. The van der Waals surface area contributed by atoms with Gasteiger partial charge in [0.2, 0.25) is 0 Å². The lowest BCUT2D eigenvalue weighted by Crippen LogP contribution is -2.36. The van der Waals surface area contributed by atoms with Gasteiger partial charge >= 0.3 is 5.97 Å². The minimum Gasteiger partial charge on any atom is -0.494 e. The Hall–Kier alpha value is -0.820. The van der Waals surface area contributed by atoms with Gasteiger partial charge in [-0.1, -0.05) is 6.07 Å². The van der Waals surface area contributed by atoms with Crippen molar-refractivity contribution in [2.45, 2.75) is 19.4 Å². The van der Waals surface area contributed by atoms with Gasteiger partial charge in [0.25, 0.3) is 0 Å². The van der Waals surface area contributed by atoms with Crippen LogP contribution in [0.3, 0.4) is 0 Å². The molecule has 0 aliphatic heterocycles. The number of nitrogens with zero attached hydrogens (tertiary/aromatic N) is 1. The van der Waals surface area contributed by atoms with E-state index in [9.17, 15) is 4.79 Å². The van der Waals surface area contributed by atoms with Crippen LogP contribution in [0.5, 0.6) is 5.75 Å². The molecule has 1 N–H and O–H groups in total. The first-order valence-electron chi connectivity index (χ1n) is 5.82. The van der Waals surface area contributed by atoms with Crippen molar-refractivity contribution < 1.29 is 14.6 Å². The first-order valence-corrected chi connectivity index (χ1v) is 6.90. The topological polar surface area (TPSA) is 49.8 Å². The van der Waals surface area contributed by atoms with E-state index in [1.807, 2.05) is 31.3 Å². The first-order chi connectivity index (χ1) is 8.50. The zero-order valence-electron chi connectivity index (χ0n) is 10.6. The van der Waals surface area contributed by atoms with Gasteiger partial charge in [0.15, 0.2) is 0 Å². The van der Waals surface area contributed by atoms with Gasteiger partial charge in [-0.05, 0) is 61.2 Å². The molecule has 0 spiro atoms. The van der Waals surface area contributed by atoms with Crippen molar-refractivity contribution in [3.8, 4) is 5.75 Å². The van der Waals surface area contributed by atoms with Gasteiger partial charge in [0.05, 0.1) is 6.61 Å². The smallest absolute Gasteiger partial charge is 0.320 e. The van der Waals surface area contributed by atoms with Crippen LogP contribution in [0.4, 0.5) is 0 Å². The Kier molecular flexibility index (Phi) is 6.42. The van der Waals surface area contributed by atoms with Crippen molar-refractivity contribution in [3.05, 3.63) is 27.8 Å². The van der Waals surface area contributed by atoms with Crippen molar-refractivity contribution >= 4 is 28.6 Å². The van der Waals surface area contributed by atoms with Crippen molar-refractivity contribution in [2.75, 3.05) is 20.2 Å². The molecule has 5 heteroatoms. The number of ether oxygens (including phenoxy) is 1. The van der Waals surface area contributed by atoms with E-state index in [4.69, 9.17) is 9.84 Å². The van der Waals surface area contributed by atoms with Gasteiger partial charge in [-0.2, -0.15) is 0 Å². The minimum atomic E-state index is -0.795. The summed E-state index contributed by atoms with van der Waals surface area (Å²) in [5, 5.41) is 8.84. The van der Waals surface area contributed by atoms with Crippen LogP contribution < -0.4 is 4.74 Å². The highest BCUT2D eigenvalue weighted by molar-refractivity contribution is 14.1. The molecule has 1 aromatic rings. The largest absolute Gasteiger partial charge is 0.494 e. The van der Waals surface area contributed by atoms with Gasteiger partial charge in [0, 0.05) is 10.1 Å². The van der Waals surface area contributed by atoms with Crippen LogP contribution in [0.2, 0.25) is 0 Å². The van der Waals surface area contributed by atoms with Crippen molar-refractivity contribution in [1.29, 1.82) is 0 Å². The van der Waals surface area contributed by atoms with Crippen molar-refractivity contribution in [1.82, 2.24) is 4.90 Å². The molecule has 0 aromatic heterocycles. The molecular formula is C13H18INO3. The molecule has 0 aliphatic rings. The van der Waals surface area contributed by atoms with Crippen molar-refractivity contribution in [2.24, 2.45) is 0 Å². The number of likely N-dealkylation sites (N-methyl/N-ethyl adjacent to an activating group) is 1. The molecule has 0 radical (unpaired) electrons. The minimum absolute atomic E-state index is 0.456. The lowest BCUT2D eigenvalue weighted by Gasteiger charge is -2.20. The average Bonchev–Trinajstić information content (AvgIpc) is 2.33. The summed E-state index contributed by atoms with van der Waals surface area (Å²) in [5.74, 6) is 0.0619. The summed E-state index contributed by atoms with van der Waals surface area (Å²) < 4.78 is 6.74. The van der Waals surface area contributed by atoms with Crippen LogP contribution in [0.1, 0.15) is 13.3 Å². The zero-order valence-corrected chi connectivity index (χ0v) is 12.8. The van der Waals surface area contributed by atoms with Gasteiger partial charge < -0.3 is 9.84 Å². The number of hydrogen-bond acceptors (Lipinski definition) is 3. The summed E-state index contributed by atoms with van der Waals surface area (Å²) in [6, 6.07) is 7.41. The number of carboxylic acids is 1. The van der Waals surface area contributed by atoms with E-state index in [2.05, 4.69) is 22.6 Å². The van der Waals surface area contributed by atoms with Crippen LogP contribution in [0.25, 0.3) is 0 Å². The molecule has 0 heterocycles. The van der Waals surface area contributed by atoms with E-state index in [1.54, 1.807) is 11.8 Å². The predicted octanol–water partition coefficient (Wildman–Crippen LogP) is 2.47. The number of aliphatic carboxylic acids is 1. The molecular weight excluding hydrogens is 345 g/mol. The summed E-state index contributed by atoms with van der Waals surface area (Å²) in [5.41, 5.74) is 0. The first kappa shape index (κ1) is 15.2. The molecule has 1 unspecified atom stereocenters. The maximum atomic E-state index is 10.8. The Balaban J connectivity index is 2.25. The standard InChI is InChI=1S/C13H18INO3/c1-10(13(16)17)15(2)7-4-8-18-12-6-3-5-11(14)9-12/h3,5-6,9-10H,4,7-8H2,1-2H3,(H,16,17). The monoisotopic (exact) mass is 363 g/mol. The predicted molar refractivity (Wildman–Crippen MR) is 79.0 cm³/mol. The summed E-state index contributed by atoms with van der Waals surface area (Å²) in [7, 11) is 1.81.